The van der Waals surface area contributed by atoms with E-state index in [0.29, 0.717) is 33.0 Å². The molecule has 1 aliphatic rings. The van der Waals surface area contributed by atoms with Gasteiger partial charge in [-0.1, -0.05) is 6.92 Å². The van der Waals surface area contributed by atoms with Crippen LogP contribution in [0.5, 0.6) is 0 Å². The first kappa shape index (κ1) is 23.1. The van der Waals surface area contributed by atoms with Crippen LogP contribution in [0.15, 0.2) is 0 Å². The Kier molecular flexibility index (Phi) is 11.8. The molecule has 0 radical (unpaired) electrons. The van der Waals surface area contributed by atoms with E-state index in [9.17, 15) is 4.79 Å². The lowest BCUT2D eigenvalue weighted by molar-refractivity contribution is 0.00919. The van der Waals surface area contributed by atoms with Gasteiger partial charge in [0, 0.05) is 32.3 Å². The summed E-state index contributed by atoms with van der Waals surface area (Å²) in [6.07, 6.45) is 2.61. The Bertz CT molecular complexity index is 365. The number of alkyl carbamates (subject to hydrolysis) is 1. The average molecular weight is 375 g/mol. The number of piperidine rings is 1. The number of rotatable bonds is 12. The van der Waals surface area contributed by atoms with Crippen molar-refractivity contribution in [3.8, 4) is 0 Å². The highest BCUT2D eigenvalue weighted by molar-refractivity contribution is 5.68. The number of hydrogen-bond donors (Lipinski definition) is 1. The summed E-state index contributed by atoms with van der Waals surface area (Å²) in [4.78, 5) is 14.2. The SMILES string of the molecule is CCCOCCOCCOCCN1CCC(NC(=O)OC(C)(C)C)CC1. The fourth-order valence-electron chi connectivity index (χ4n) is 2.66. The van der Waals surface area contributed by atoms with Crippen molar-refractivity contribution in [3.05, 3.63) is 0 Å². The summed E-state index contributed by atoms with van der Waals surface area (Å²) < 4.78 is 21.7. The third-order valence-corrected chi connectivity index (χ3v) is 3.95. The molecule has 154 valence electrons. The van der Waals surface area contributed by atoms with Crippen molar-refractivity contribution in [1.82, 2.24) is 10.2 Å². The molecule has 7 heteroatoms. The lowest BCUT2D eigenvalue weighted by Crippen LogP contribution is -2.46. The monoisotopic (exact) mass is 374 g/mol. The fraction of sp³-hybridized carbons (Fsp3) is 0.947. The smallest absolute Gasteiger partial charge is 0.407 e. The van der Waals surface area contributed by atoms with Crippen LogP contribution in [0.25, 0.3) is 0 Å². The van der Waals surface area contributed by atoms with Crippen LogP contribution in [0.4, 0.5) is 4.79 Å². The van der Waals surface area contributed by atoms with Crippen LogP contribution >= 0.6 is 0 Å². The molecular formula is C19H38N2O5. The van der Waals surface area contributed by atoms with Gasteiger partial charge in [0.1, 0.15) is 5.60 Å². The molecule has 0 aromatic heterocycles. The van der Waals surface area contributed by atoms with E-state index in [1.807, 2.05) is 20.8 Å². The molecule has 1 saturated heterocycles. The standard InChI is InChI=1S/C19H38N2O5/c1-5-11-23-13-15-25-16-14-24-12-10-21-8-6-17(7-9-21)20-18(22)26-19(2,3)4/h17H,5-16H2,1-4H3,(H,20,22). The van der Waals surface area contributed by atoms with Crippen LogP contribution in [0.1, 0.15) is 47.0 Å². The Morgan fingerprint density at radius 2 is 1.50 bits per heavy atom. The maximum Gasteiger partial charge on any atom is 0.407 e. The summed E-state index contributed by atoms with van der Waals surface area (Å²) in [7, 11) is 0. The van der Waals surface area contributed by atoms with Gasteiger partial charge in [-0.25, -0.2) is 4.79 Å². The van der Waals surface area contributed by atoms with Crippen LogP contribution in [-0.4, -0.2) is 81.9 Å². The second-order valence-electron chi connectivity index (χ2n) is 7.60. The van der Waals surface area contributed by atoms with Crippen molar-refractivity contribution in [2.75, 3.05) is 59.3 Å². The number of hydrogen-bond acceptors (Lipinski definition) is 6. The second-order valence-corrected chi connectivity index (χ2v) is 7.60. The number of carbonyl (C=O) groups excluding carboxylic acids is 1. The largest absolute Gasteiger partial charge is 0.444 e. The quantitative estimate of drug-likeness (QED) is 0.529. The maximum atomic E-state index is 11.8. The van der Waals surface area contributed by atoms with Gasteiger partial charge in [-0.15, -0.1) is 0 Å². The van der Waals surface area contributed by atoms with Crippen molar-refractivity contribution >= 4 is 6.09 Å². The third kappa shape index (κ3) is 12.5. The molecule has 0 spiro atoms. The van der Waals surface area contributed by atoms with Crippen molar-refractivity contribution < 1.29 is 23.7 Å². The van der Waals surface area contributed by atoms with Crippen molar-refractivity contribution in [2.24, 2.45) is 0 Å². The van der Waals surface area contributed by atoms with E-state index >= 15 is 0 Å². The minimum absolute atomic E-state index is 0.199. The van der Waals surface area contributed by atoms with Gasteiger partial charge in [0.05, 0.1) is 33.0 Å². The molecule has 1 N–H and O–H groups in total. The summed E-state index contributed by atoms with van der Waals surface area (Å²) in [5.41, 5.74) is -0.450. The zero-order valence-electron chi connectivity index (χ0n) is 17.1. The van der Waals surface area contributed by atoms with Gasteiger partial charge in [-0.3, -0.25) is 0 Å². The van der Waals surface area contributed by atoms with E-state index in [-0.39, 0.29) is 12.1 Å². The first-order valence-corrected chi connectivity index (χ1v) is 9.86. The van der Waals surface area contributed by atoms with E-state index in [0.717, 1.165) is 45.5 Å². The molecule has 0 unspecified atom stereocenters. The maximum absolute atomic E-state index is 11.8. The molecule has 0 aromatic rings. The predicted octanol–water partition coefficient (Wildman–Crippen LogP) is 2.44. The molecular weight excluding hydrogens is 336 g/mol. The Balaban J connectivity index is 1.95. The summed E-state index contributed by atoms with van der Waals surface area (Å²) in [5, 5.41) is 2.96. The highest BCUT2D eigenvalue weighted by Gasteiger charge is 2.23. The van der Waals surface area contributed by atoms with E-state index < -0.39 is 5.60 Å². The fourth-order valence-corrected chi connectivity index (χ4v) is 2.66. The van der Waals surface area contributed by atoms with Crippen LogP contribution in [0.2, 0.25) is 0 Å². The van der Waals surface area contributed by atoms with Crippen LogP contribution in [0, 0.1) is 0 Å². The van der Waals surface area contributed by atoms with Crippen LogP contribution in [-0.2, 0) is 18.9 Å². The molecule has 0 aromatic carbocycles. The Hall–Kier alpha value is -0.890. The molecule has 1 aliphatic heterocycles. The van der Waals surface area contributed by atoms with Gasteiger partial charge < -0.3 is 29.2 Å². The Labute approximate surface area is 158 Å². The zero-order chi connectivity index (χ0) is 19.3. The van der Waals surface area contributed by atoms with Gasteiger partial charge in [-0.2, -0.15) is 0 Å². The van der Waals surface area contributed by atoms with E-state index in [1.165, 1.54) is 0 Å². The number of nitrogens with one attached hydrogen (secondary N) is 1. The molecule has 1 rings (SSSR count). The van der Waals surface area contributed by atoms with E-state index in [1.54, 1.807) is 0 Å². The molecule has 0 atom stereocenters. The number of likely N-dealkylation sites (tertiary alicyclic amines) is 1. The number of nitrogens with zero attached hydrogens (tertiary/aromatic N) is 1. The van der Waals surface area contributed by atoms with Crippen molar-refractivity contribution in [3.63, 3.8) is 0 Å². The summed E-state index contributed by atoms with van der Waals surface area (Å²) in [5.74, 6) is 0. The van der Waals surface area contributed by atoms with Gasteiger partial charge in [0.2, 0.25) is 0 Å². The van der Waals surface area contributed by atoms with Crippen LogP contribution in [0.3, 0.4) is 0 Å². The summed E-state index contributed by atoms with van der Waals surface area (Å²) >= 11 is 0. The third-order valence-electron chi connectivity index (χ3n) is 3.95. The molecule has 26 heavy (non-hydrogen) atoms. The normalized spacial score (nSPS) is 16.6. The molecule has 1 amide bonds. The molecule has 7 nitrogen and oxygen atoms in total. The number of amides is 1. The van der Waals surface area contributed by atoms with Gasteiger partial charge >= 0.3 is 6.09 Å². The first-order chi connectivity index (χ1) is 12.4. The first-order valence-electron chi connectivity index (χ1n) is 9.86. The average Bonchev–Trinajstić information content (AvgIpc) is 2.56. The Morgan fingerprint density at radius 1 is 0.962 bits per heavy atom. The zero-order valence-corrected chi connectivity index (χ0v) is 17.1. The molecule has 1 heterocycles. The second kappa shape index (κ2) is 13.3. The lowest BCUT2D eigenvalue weighted by Gasteiger charge is -2.32. The lowest BCUT2D eigenvalue weighted by atomic mass is 10.1. The number of ether oxygens (including phenoxy) is 4. The Morgan fingerprint density at radius 3 is 2.04 bits per heavy atom. The molecule has 0 saturated carbocycles. The minimum atomic E-state index is -0.450. The molecule has 1 fully saturated rings. The van der Waals surface area contributed by atoms with Crippen molar-refractivity contribution in [2.45, 2.75) is 58.6 Å². The van der Waals surface area contributed by atoms with Gasteiger partial charge in [-0.05, 0) is 40.0 Å². The topological polar surface area (TPSA) is 69.3 Å². The number of carbonyl (C=O) groups is 1. The van der Waals surface area contributed by atoms with Gasteiger partial charge in [0.15, 0.2) is 0 Å². The minimum Gasteiger partial charge on any atom is -0.444 e. The van der Waals surface area contributed by atoms with Crippen LogP contribution < -0.4 is 5.32 Å². The van der Waals surface area contributed by atoms with E-state index in [2.05, 4.69) is 17.1 Å². The summed E-state index contributed by atoms with van der Waals surface area (Å²) in [6, 6.07) is 0.199. The highest BCUT2D eigenvalue weighted by atomic mass is 16.6. The van der Waals surface area contributed by atoms with Crippen molar-refractivity contribution in [1.29, 1.82) is 0 Å². The molecule has 0 bridgehead atoms. The predicted molar refractivity (Wildman–Crippen MR) is 102 cm³/mol. The van der Waals surface area contributed by atoms with Gasteiger partial charge in [0.25, 0.3) is 0 Å². The highest BCUT2D eigenvalue weighted by Crippen LogP contribution is 2.12. The van der Waals surface area contributed by atoms with E-state index in [4.69, 9.17) is 18.9 Å². The summed E-state index contributed by atoms with van der Waals surface area (Å²) in [6.45, 7) is 14.6. The molecule has 0 aliphatic carbocycles.